The fourth-order valence-corrected chi connectivity index (χ4v) is 4.29. The highest BCUT2D eigenvalue weighted by atomic mass is 32.2. The number of pyridine rings is 1. The van der Waals surface area contributed by atoms with Crippen LogP contribution in [0.1, 0.15) is 16.8 Å². The lowest BCUT2D eigenvalue weighted by molar-refractivity contribution is -0.119. The summed E-state index contributed by atoms with van der Waals surface area (Å²) >= 11 is 0. The second kappa shape index (κ2) is 9.32. The Morgan fingerprint density at radius 2 is 1.80 bits per heavy atom. The van der Waals surface area contributed by atoms with Crippen LogP contribution in [0.25, 0.3) is 0 Å². The lowest BCUT2D eigenvalue weighted by Gasteiger charge is -2.25. The van der Waals surface area contributed by atoms with Gasteiger partial charge in [0.1, 0.15) is 6.54 Å². The van der Waals surface area contributed by atoms with E-state index in [0.29, 0.717) is 11.4 Å². The van der Waals surface area contributed by atoms with Gasteiger partial charge < -0.3 is 0 Å². The van der Waals surface area contributed by atoms with Gasteiger partial charge in [-0.2, -0.15) is 5.10 Å². The fraction of sp³-hybridized carbons (Fsp3) is 0.136. The molecule has 30 heavy (non-hydrogen) atoms. The van der Waals surface area contributed by atoms with E-state index in [4.69, 9.17) is 0 Å². The van der Waals surface area contributed by atoms with Crippen molar-refractivity contribution in [2.45, 2.75) is 18.7 Å². The maximum absolute atomic E-state index is 13.3. The standard InChI is InChI=1S/C22H22N4O3S/c1-17-11-12-18(2)21(14-17)26(30(28,29)20-9-4-3-5-10-20)16-22(27)25-24-15-19-8-6-7-13-23-19/h3-15H,16H2,1-2H3,(H,25,27)/b24-15+. The molecule has 0 saturated heterocycles. The van der Waals surface area contributed by atoms with Crippen LogP contribution in [0.5, 0.6) is 0 Å². The second-order valence-corrected chi connectivity index (χ2v) is 8.52. The number of hydrogen-bond donors (Lipinski definition) is 1. The van der Waals surface area contributed by atoms with Crippen LogP contribution in [-0.2, 0) is 14.8 Å². The maximum atomic E-state index is 13.3. The molecule has 0 aliphatic heterocycles. The predicted octanol–water partition coefficient (Wildman–Crippen LogP) is 3.04. The number of aryl methyl sites for hydroxylation is 2. The van der Waals surface area contributed by atoms with E-state index in [9.17, 15) is 13.2 Å². The van der Waals surface area contributed by atoms with E-state index < -0.39 is 22.5 Å². The first-order valence-corrected chi connectivity index (χ1v) is 10.7. The Kier molecular flexibility index (Phi) is 6.58. The molecule has 0 atom stereocenters. The molecule has 0 bridgehead atoms. The Hall–Kier alpha value is -3.52. The average molecular weight is 423 g/mol. The normalized spacial score (nSPS) is 11.4. The number of nitrogens with zero attached hydrogens (tertiary/aromatic N) is 3. The van der Waals surface area contributed by atoms with E-state index in [2.05, 4.69) is 15.5 Å². The molecule has 1 heterocycles. The quantitative estimate of drug-likeness (QED) is 0.468. The molecule has 154 valence electrons. The van der Waals surface area contributed by atoms with Gasteiger partial charge in [-0.05, 0) is 55.3 Å². The van der Waals surface area contributed by atoms with Crippen LogP contribution in [0.4, 0.5) is 5.69 Å². The summed E-state index contributed by atoms with van der Waals surface area (Å²) < 4.78 is 27.8. The highest BCUT2D eigenvalue weighted by Gasteiger charge is 2.28. The number of rotatable bonds is 7. The van der Waals surface area contributed by atoms with Crippen molar-refractivity contribution in [2.75, 3.05) is 10.8 Å². The highest BCUT2D eigenvalue weighted by molar-refractivity contribution is 7.92. The summed E-state index contributed by atoms with van der Waals surface area (Å²) in [5.41, 5.74) is 5.02. The molecule has 3 rings (SSSR count). The molecule has 1 N–H and O–H groups in total. The van der Waals surface area contributed by atoms with Gasteiger partial charge in [-0.25, -0.2) is 13.8 Å². The number of aromatic nitrogens is 1. The van der Waals surface area contributed by atoms with E-state index in [1.807, 2.05) is 19.1 Å². The van der Waals surface area contributed by atoms with Crippen molar-refractivity contribution in [3.63, 3.8) is 0 Å². The first-order valence-electron chi connectivity index (χ1n) is 9.26. The topological polar surface area (TPSA) is 91.7 Å². The van der Waals surface area contributed by atoms with Crippen molar-refractivity contribution in [1.29, 1.82) is 0 Å². The van der Waals surface area contributed by atoms with E-state index in [-0.39, 0.29) is 4.90 Å². The Morgan fingerprint density at radius 3 is 2.50 bits per heavy atom. The molecule has 3 aromatic rings. The number of amides is 1. The summed E-state index contributed by atoms with van der Waals surface area (Å²) in [5, 5.41) is 3.87. The minimum Gasteiger partial charge on any atom is -0.271 e. The molecule has 0 aliphatic rings. The second-order valence-electron chi connectivity index (χ2n) is 6.66. The number of hydrazone groups is 1. The van der Waals surface area contributed by atoms with Gasteiger partial charge in [-0.3, -0.25) is 14.1 Å². The van der Waals surface area contributed by atoms with Crippen LogP contribution < -0.4 is 9.73 Å². The van der Waals surface area contributed by atoms with Gasteiger partial charge >= 0.3 is 0 Å². The van der Waals surface area contributed by atoms with Crippen molar-refractivity contribution in [1.82, 2.24) is 10.4 Å². The van der Waals surface area contributed by atoms with Crippen LogP contribution in [0.2, 0.25) is 0 Å². The molecule has 0 unspecified atom stereocenters. The zero-order chi connectivity index (χ0) is 21.6. The molecular weight excluding hydrogens is 400 g/mol. The number of nitrogens with one attached hydrogen (secondary N) is 1. The number of carbonyl (C=O) groups is 1. The van der Waals surface area contributed by atoms with Crippen molar-refractivity contribution >= 4 is 27.8 Å². The predicted molar refractivity (Wildman–Crippen MR) is 117 cm³/mol. The summed E-state index contributed by atoms with van der Waals surface area (Å²) in [6.45, 7) is 3.26. The first kappa shape index (κ1) is 21.2. The molecule has 1 aromatic heterocycles. The van der Waals surface area contributed by atoms with E-state index in [0.717, 1.165) is 15.4 Å². The zero-order valence-electron chi connectivity index (χ0n) is 16.7. The molecule has 0 fully saturated rings. The summed E-state index contributed by atoms with van der Waals surface area (Å²) in [6, 6.07) is 18.8. The van der Waals surface area contributed by atoms with Crippen LogP contribution in [-0.4, -0.2) is 32.1 Å². The van der Waals surface area contributed by atoms with E-state index >= 15 is 0 Å². The number of carbonyl (C=O) groups excluding carboxylic acids is 1. The molecule has 7 nitrogen and oxygen atoms in total. The molecule has 0 aliphatic carbocycles. The molecule has 2 aromatic carbocycles. The summed E-state index contributed by atoms with van der Waals surface area (Å²) in [6.07, 6.45) is 3.00. The average Bonchev–Trinajstić information content (AvgIpc) is 2.75. The molecule has 8 heteroatoms. The Balaban J connectivity index is 1.89. The Bertz CT molecular complexity index is 1150. The van der Waals surface area contributed by atoms with Crippen LogP contribution in [0.15, 0.2) is 82.9 Å². The van der Waals surface area contributed by atoms with Gasteiger partial charge in [-0.15, -0.1) is 0 Å². The van der Waals surface area contributed by atoms with Crippen molar-refractivity contribution < 1.29 is 13.2 Å². The number of benzene rings is 2. The molecule has 1 amide bonds. The van der Waals surface area contributed by atoms with Crippen LogP contribution in [0.3, 0.4) is 0 Å². The number of anilines is 1. The van der Waals surface area contributed by atoms with Gasteiger partial charge in [0.15, 0.2) is 0 Å². The Morgan fingerprint density at radius 1 is 1.07 bits per heavy atom. The first-order chi connectivity index (χ1) is 14.4. The molecular formula is C22H22N4O3S. The SMILES string of the molecule is Cc1ccc(C)c(N(CC(=O)N/N=C/c2ccccn2)S(=O)(=O)c2ccccc2)c1. The van der Waals surface area contributed by atoms with Crippen molar-refractivity contribution in [3.8, 4) is 0 Å². The Labute approximate surface area is 176 Å². The summed E-state index contributed by atoms with van der Waals surface area (Å²) in [7, 11) is -3.96. The molecule has 0 saturated carbocycles. The van der Waals surface area contributed by atoms with E-state index in [1.165, 1.54) is 18.3 Å². The van der Waals surface area contributed by atoms with Crippen LogP contribution in [0, 0.1) is 13.8 Å². The highest BCUT2D eigenvalue weighted by Crippen LogP contribution is 2.27. The lowest BCUT2D eigenvalue weighted by Crippen LogP contribution is -2.40. The minimum absolute atomic E-state index is 0.107. The van der Waals surface area contributed by atoms with Crippen molar-refractivity contribution in [2.24, 2.45) is 5.10 Å². The monoisotopic (exact) mass is 422 g/mol. The van der Waals surface area contributed by atoms with Gasteiger partial charge in [0, 0.05) is 6.20 Å². The third-order valence-electron chi connectivity index (χ3n) is 4.33. The van der Waals surface area contributed by atoms with E-state index in [1.54, 1.807) is 55.6 Å². The molecule has 0 spiro atoms. The fourth-order valence-electron chi connectivity index (χ4n) is 2.80. The number of hydrogen-bond acceptors (Lipinski definition) is 5. The van der Waals surface area contributed by atoms with Crippen LogP contribution >= 0.6 is 0 Å². The molecule has 0 radical (unpaired) electrons. The third kappa shape index (κ3) is 5.09. The smallest absolute Gasteiger partial charge is 0.264 e. The third-order valence-corrected chi connectivity index (χ3v) is 6.10. The van der Waals surface area contributed by atoms with Gasteiger partial charge in [-0.1, -0.05) is 36.4 Å². The number of sulfonamides is 1. The van der Waals surface area contributed by atoms with Gasteiger partial charge in [0.05, 0.1) is 22.5 Å². The minimum atomic E-state index is -3.96. The van der Waals surface area contributed by atoms with Crippen molar-refractivity contribution in [3.05, 3.63) is 89.7 Å². The lowest BCUT2D eigenvalue weighted by atomic mass is 10.1. The largest absolute Gasteiger partial charge is 0.271 e. The van der Waals surface area contributed by atoms with Gasteiger partial charge in [0.25, 0.3) is 15.9 Å². The zero-order valence-corrected chi connectivity index (χ0v) is 17.5. The maximum Gasteiger partial charge on any atom is 0.264 e. The summed E-state index contributed by atoms with van der Waals surface area (Å²) in [5.74, 6) is -0.567. The summed E-state index contributed by atoms with van der Waals surface area (Å²) in [4.78, 5) is 16.7. The van der Waals surface area contributed by atoms with Gasteiger partial charge in [0.2, 0.25) is 0 Å².